The molecule has 0 bridgehead atoms. The Bertz CT molecular complexity index is 334. The maximum atomic E-state index is 12.4. The molecule has 0 radical (unpaired) electrons. The molecule has 1 saturated heterocycles. The standard InChI is InChI=1S/C18H33NO2/c1-4-8-16(15-9-5-6-10-15)17(20)21-14-13-19-12-7-11-18(19,2)3/h15-16H,4-14H2,1-3H3/t16-/m1/s1. The van der Waals surface area contributed by atoms with Gasteiger partial charge < -0.3 is 4.74 Å². The molecule has 0 spiro atoms. The molecular formula is C18H33NO2. The van der Waals surface area contributed by atoms with Crippen molar-refractivity contribution in [3.8, 4) is 0 Å². The Morgan fingerprint density at radius 3 is 2.57 bits per heavy atom. The number of esters is 1. The van der Waals surface area contributed by atoms with Crippen LogP contribution >= 0.6 is 0 Å². The van der Waals surface area contributed by atoms with Crippen molar-refractivity contribution in [2.75, 3.05) is 19.7 Å². The molecule has 122 valence electrons. The minimum absolute atomic E-state index is 0.0701. The number of hydrogen-bond donors (Lipinski definition) is 0. The topological polar surface area (TPSA) is 29.5 Å². The SMILES string of the molecule is CCC[C@@H](C(=O)OCCN1CCCC1(C)C)C1CCCC1. The van der Waals surface area contributed by atoms with Crippen molar-refractivity contribution in [2.24, 2.45) is 11.8 Å². The van der Waals surface area contributed by atoms with Gasteiger partial charge in [-0.15, -0.1) is 0 Å². The second kappa shape index (κ2) is 7.62. The van der Waals surface area contributed by atoms with E-state index in [-0.39, 0.29) is 17.4 Å². The van der Waals surface area contributed by atoms with Crippen LogP contribution in [0.4, 0.5) is 0 Å². The molecule has 0 amide bonds. The fourth-order valence-electron chi connectivity index (χ4n) is 4.16. The molecule has 21 heavy (non-hydrogen) atoms. The van der Waals surface area contributed by atoms with E-state index in [1.165, 1.54) is 38.5 Å². The van der Waals surface area contributed by atoms with E-state index in [2.05, 4.69) is 25.7 Å². The van der Waals surface area contributed by atoms with Gasteiger partial charge in [0.25, 0.3) is 0 Å². The van der Waals surface area contributed by atoms with Crippen molar-refractivity contribution in [3.63, 3.8) is 0 Å². The van der Waals surface area contributed by atoms with Crippen LogP contribution in [0.25, 0.3) is 0 Å². The van der Waals surface area contributed by atoms with E-state index < -0.39 is 0 Å². The smallest absolute Gasteiger partial charge is 0.309 e. The lowest BCUT2D eigenvalue weighted by Crippen LogP contribution is -2.40. The Balaban J connectivity index is 1.76. The van der Waals surface area contributed by atoms with E-state index in [0.717, 1.165) is 25.9 Å². The molecule has 3 heteroatoms. The average Bonchev–Trinajstić information content (AvgIpc) is 3.06. The minimum Gasteiger partial charge on any atom is -0.464 e. The molecule has 0 aromatic carbocycles. The average molecular weight is 295 g/mol. The van der Waals surface area contributed by atoms with Gasteiger partial charge in [0, 0.05) is 12.1 Å². The summed E-state index contributed by atoms with van der Waals surface area (Å²) in [6.07, 6.45) is 9.62. The van der Waals surface area contributed by atoms with Crippen LogP contribution in [0.15, 0.2) is 0 Å². The Labute approximate surface area is 130 Å². The Morgan fingerprint density at radius 1 is 1.29 bits per heavy atom. The van der Waals surface area contributed by atoms with Crippen molar-refractivity contribution >= 4 is 5.97 Å². The first-order chi connectivity index (χ1) is 10.0. The lowest BCUT2D eigenvalue weighted by atomic mass is 9.87. The van der Waals surface area contributed by atoms with Crippen LogP contribution in [0.5, 0.6) is 0 Å². The molecule has 0 aromatic rings. The van der Waals surface area contributed by atoms with Gasteiger partial charge in [0.2, 0.25) is 0 Å². The Hall–Kier alpha value is -0.570. The zero-order valence-electron chi connectivity index (χ0n) is 14.2. The van der Waals surface area contributed by atoms with E-state index in [1.807, 2.05) is 0 Å². The lowest BCUT2D eigenvalue weighted by molar-refractivity contribution is -0.151. The largest absolute Gasteiger partial charge is 0.464 e. The highest BCUT2D eigenvalue weighted by atomic mass is 16.5. The molecule has 2 aliphatic rings. The highest BCUT2D eigenvalue weighted by Crippen LogP contribution is 2.34. The van der Waals surface area contributed by atoms with Crippen LogP contribution < -0.4 is 0 Å². The molecule has 1 saturated carbocycles. The molecule has 3 nitrogen and oxygen atoms in total. The number of carbonyl (C=O) groups is 1. The second-order valence-corrected chi connectivity index (χ2v) is 7.51. The predicted octanol–water partition coefficient (Wildman–Crippen LogP) is 4.01. The van der Waals surface area contributed by atoms with Crippen molar-refractivity contribution in [1.82, 2.24) is 4.90 Å². The first-order valence-corrected chi connectivity index (χ1v) is 8.96. The second-order valence-electron chi connectivity index (χ2n) is 7.51. The normalized spacial score (nSPS) is 24.3. The van der Waals surface area contributed by atoms with Crippen molar-refractivity contribution in [3.05, 3.63) is 0 Å². The van der Waals surface area contributed by atoms with Crippen LogP contribution in [0.3, 0.4) is 0 Å². The predicted molar refractivity (Wildman–Crippen MR) is 86.2 cm³/mol. The zero-order chi connectivity index (χ0) is 15.3. The molecule has 0 N–H and O–H groups in total. The third-order valence-electron chi connectivity index (χ3n) is 5.55. The van der Waals surface area contributed by atoms with Gasteiger partial charge in [-0.2, -0.15) is 0 Å². The summed E-state index contributed by atoms with van der Waals surface area (Å²) in [5, 5.41) is 0. The monoisotopic (exact) mass is 295 g/mol. The summed E-state index contributed by atoms with van der Waals surface area (Å²) >= 11 is 0. The van der Waals surface area contributed by atoms with E-state index in [9.17, 15) is 4.79 Å². The van der Waals surface area contributed by atoms with Gasteiger partial charge >= 0.3 is 5.97 Å². The minimum atomic E-state index is 0.0701. The highest BCUT2D eigenvalue weighted by molar-refractivity contribution is 5.72. The number of ether oxygens (including phenoxy) is 1. The van der Waals surface area contributed by atoms with Gasteiger partial charge in [-0.1, -0.05) is 26.2 Å². The van der Waals surface area contributed by atoms with Gasteiger partial charge in [0.1, 0.15) is 6.61 Å². The number of nitrogens with zero attached hydrogens (tertiary/aromatic N) is 1. The molecule has 2 rings (SSSR count). The molecule has 2 fully saturated rings. The van der Waals surface area contributed by atoms with Gasteiger partial charge in [0.05, 0.1) is 5.92 Å². The van der Waals surface area contributed by atoms with Gasteiger partial charge in [-0.05, 0) is 58.4 Å². The molecule has 1 atom stereocenters. The van der Waals surface area contributed by atoms with Crippen LogP contribution in [0.1, 0.15) is 72.1 Å². The van der Waals surface area contributed by atoms with E-state index in [1.54, 1.807) is 0 Å². The molecule has 1 heterocycles. The number of rotatable bonds is 7. The maximum Gasteiger partial charge on any atom is 0.309 e. The molecule has 0 aromatic heterocycles. The highest BCUT2D eigenvalue weighted by Gasteiger charge is 2.33. The molecule has 1 aliphatic heterocycles. The fraction of sp³-hybridized carbons (Fsp3) is 0.944. The first kappa shape index (κ1) is 16.8. The summed E-state index contributed by atoms with van der Waals surface area (Å²) < 4.78 is 5.64. The van der Waals surface area contributed by atoms with E-state index >= 15 is 0 Å². The summed E-state index contributed by atoms with van der Waals surface area (Å²) in [6, 6.07) is 0. The number of likely N-dealkylation sites (tertiary alicyclic amines) is 1. The zero-order valence-corrected chi connectivity index (χ0v) is 14.2. The third kappa shape index (κ3) is 4.45. The van der Waals surface area contributed by atoms with Gasteiger partial charge in [-0.3, -0.25) is 9.69 Å². The summed E-state index contributed by atoms with van der Waals surface area (Å²) in [4.78, 5) is 14.9. The number of hydrogen-bond acceptors (Lipinski definition) is 3. The van der Waals surface area contributed by atoms with Gasteiger partial charge in [0.15, 0.2) is 0 Å². The maximum absolute atomic E-state index is 12.4. The lowest BCUT2D eigenvalue weighted by Gasteiger charge is -2.31. The van der Waals surface area contributed by atoms with Crippen LogP contribution in [0, 0.1) is 11.8 Å². The van der Waals surface area contributed by atoms with Gasteiger partial charge in [-0.25, -0.2) is 0 Å². The molecule has 1 aliphatic carbocycles. The molecule has 0 unspecified atom stereocenters. The first-order valence-electron chi connectivity index (χ1n) is 8.96. The van der Waals surface area contributed by atoms with E-state index in [4.69, 9.17) is 4.74 Å². The van der Waals surface area contributed by atoms with Crippen molar-refractivity contribution in [1.29, 1.82) is 0 Å². The fourth-order valence-corrected chi connectivity index (χ4v) is 4.16. The van der Waals surface area contributed by atoms with Crippen molar-refractivity contribution in [2.45, 2.75) is 77.7 Å². The number of carbonyl (C=O) groups excluding carboxylic acids is 1. The van der Waals surface area contributed by atoms with Crippen molar-refractivity contribution < 1.29 is 9.53 Å². The van der Waals surface area contributed by atoms with E-state index in [0.29, 0.717) is 12.5 Å². The summed E-state index contributed by atoms with van der Waals surface area (Å²) in [7, 11) is 0. The third-order valence-corrected chi connectivity index (χ3v) is 5.55. The summed E-state index contributed by atoms with van der Waals surface area (Å²) in [6.45, 7) is 9.35. The Morgan fingerprint density at radius 2 is 2.00 bits per heavy atom. The van der Waals surface area contributed by atoms with Crippen LogP contribution in [0.2, 0.25) is 0 Å². The molecular weight excluding hydrogens is 262 g/mol. The summed E-state index contributed by atoms with van der Waals surface area (Å²) in [5.74, 6) is 0.811. The Kier molecular flexibility index (Phi) is 6.09. The van der Waals surface area contributed by atoms with Crippen LogP contribution in [-0.4, -0.2) is 36.1 Å². The quantitative estimate of drug-likeness (QED) is 0.665. The van der Waals surface area contributed by atoms with Crippen LogP contribution in [-0.2, 0) is 9.53 Å². The summed E-state index contributed by atoms with van der Waals surface area (Å²) in [5.41, 5.74) is 0.278.